The Bertz CT molecular complexity index is 1030. The number of nitrogens with zero attached hydrogens (tertiary/aromatic N) is 4. The lowest BCUT2D eigenvalue weighted by atomic mass is 9.97. The van der Waals surface area contributed by atoms with Crippen molar-refractivity contribution in [1.82, 2.24) is 9.38 Å². The number of pyridine rings is 1. The molecule has 1 atom stereocenters. The highest BCUT2D eigenvalue weighted by atomic mass is 19.4. The fraction of sp³-hybridized carbons (Fsp3) is 0.368. The number of hydrogen-bond acceptors (Lipinski definition) is 3. The molecule has 3 aromatic rings. The van der Waals surface area contributed by atoms with Gasteiger partial charge in [0.2, 0.25) is 0 Å². The molecule has 1 aliphatic rings. The van der Waals surface area contributed by atoms with E-state index in [1.54, 1.807) is 17.9 Å². The van der Waals surface area contributed by atoms with Crippen molar-refractivity contribution in [2.45, 2.75) is 25.9 Å². The highest BCUT2D eigenvalue weighted by molar-refractivity contribution is 5.85. The summed E-state index contributed by atoms with van der Waals surface area (Å²) in [6.45, 7) is 2.28. The summed E-state index contributed by atoms with van der Waals surface area (Å²) in [6.07, 6.45) is -3.56. The summed E-state index contributed by atoms with van der Waals surface area (Å²) in [5.41, 5.74) is 3.19. The van der Waals surface area contributed by atoms with E-state index in [4.69, 9.17) is 0 Å². The molecule has 1 saturated heterocycles. The van der Waals surface area contributed by atoms with Crippen LogP contribution in [-0.2, 0) is 0 Å². The first-order valence-corrected chi connectivity index (χ1v) is 8.52. The molecule has 0 saturated carbocycles. The SMILES string of the molecule is Cc1cc(N2CCCC(C(F)(F)F)C2)n2c(nc3ccccc32)c1C#N. The van der Waals surface area contributed by atoms with Crippen LogP contribution in [0.4, 0.5) is 19.0 Å². The number of imidazole rings is 1. The summed E-state index contributed by atoms with van der Waals surface area (Å²) in [4.78, 5) is 6.34. The molecule has 0 radical (unpaired) electrons. The Labute approximate surface area is 148 Å². The van der Waals surface area contributed by atoms with E-state index in [1.807, 2.05) is 28.7 Å². The largest absolute Gasteiger partial charge is 0.393 e. The van der Waals surface area contributed by atoms with Crippen molar-refractivity contribution in [1.29, 1.82) is 5.26 Å². The zero-order valence-electron chi connectivity index (χ0n) is 14.2. The van der Waals surface area contributed by atoms with Crippen molar-refractivity contribution in [3.05, 3.63) is 41.5 Å². The Morgan fingerprint density at radius 3 is 2.77 bits per heavy atom. The van der Waals surface area contributed by atoms with Crippen LogP contribution >= 0.6 is 0 Å². The fourth-order valence-electron chi connectivity index (χ4n) is 3.76. The number of para-hydroxylation sites is 2. The molecule has 3 heterocycles. The number of halogens is 3. The van der Waals surface area contributed by atoms with Crippen LogP contribution in [0.2, 0.25) is 0 Å². The molecule has 0 bridgehead atoms. The molecule has 1 unspecified atom stereocenters. The van der Waals surface area contributed by atoms with Gasteiger partial charge in [-0.2, -0.15) is 18.4 Å². The third kappa shape index (κ3) is 2.57. The summed E-state index contributed by atoms with van der Waals surface area (Å²) in [6, 6.07) is 11.4. The van der Waals surface area contributed by atoms with Crippen LogP contribution in [0.25, 0.3) is 16.7 Å². The van der Waals surface area contributed by atoms with E-state index < -0.39 is 12.1 Å². The Morgan fingerprint density at radius 1 is 1.27 bits per heavy atom. The van der Waals surface area contributed by atoms with E-state index in [-0.39, 0.29) is 13.0 Å². The zero-order chi connectivity index (χ0) is 18.5. The van der Waals surface area contributed by atoms with Gasteiger partial charge in [-0.3, -0.25) is 4.40 Å². The number of alkyl halides is 3. The number of nitriles is 1. The van der Waals surface area contributed by atoms with Crippen LogP contribution < -0.4 is 4.90 Å². The minimum Gasteiger partial charge on any atom is -0.357 e. The lowest BCUT2D eigenvalue weighted by Gasteiger charge is -2.35. The van der Waals surface area contributed by atoms with E-state index in [0.29, 0.717) is 30.0 Å². The van der Waals surface area contributed by atoms with Crippen molar-refractivity contribution in [3.8, 4) is 6.07 Å². The monoisotopic (exact) mass is 358 g/mol. The molecule has 4 rings (SSSR count). The fourth-order valence-corrected chi connectivity index (χ4v) is 3.76. The molecule has 0 spiro atoms. The van der Waals surface area contributed by atoms with Crippen molar-refractivity contribution in [2.75, 3.05) is 18.0 Å². The Kier molecular flexibility index (Phi) is 3.79. The van der Waals surface area contributed by atoms with Crippen molar-refractivity contribution in [2.24, 2.45) is 5.92 Å². The number of aromatic nitrogens is 2. The second-order valence-corrected chi connectivity index (χ2v) is 6.76. The first-order chi connectivity index (χ1) is 12.4. The third-order valence-corrected chi connectivity index (χ3v) is 5.07. The highest BCUT2D eigenvalue weighted by Crippen LogP contribution is 2.36. The van der Waals surface area contributed by atoms with Crippen LogP contribution in [0, 0.1) is 24.2 Å². The number of fused-ring (bicyclic) bond motifs is 3. The van der Waals surface area contributed by atoms with Gasteiger partial charge in [0, 0.05) is 13.1 Å². The van der Waals surface area contributed by atoms with Crippen LogP contribution in [0.1, 0.15) is 24.0 Å². The van der Waals surface area contributed by atoms with Gasteiger partial charge in [0.05, 0.1) is 22.5 Å². The second-order valence-electron chi connectivity index (χ2n) is 6.76. The second kappa shape index (κ2) is 5.90. The van der Waals surface area contributed by atoms with Gasteiger partial charge in [-0.05, 0) is 43.5 Å². The average molecular weight is 358 g/mol. The van der Waals surface area contributed by atoms with Gasteiger partial charge in [-0.25, -0.2) is 4.98 Å². The standard InChI is InChI=1S/C19H17F3N4/c1-12-9-17(25-8-4-5-13(11-25)19(20,21)22)26-16-7-3-2-6-15(16)24-18(26)14(12)10-23/h2-3,6-7,9,13H,4-5,8,11H2,1H3. The molecule has 4 nitrogen and oxygen atoms in total. The summed E-state index contributed by atoms with van der Waals surface area (Å²) in [7, 11) is 0. The number of hydrogen-bond donors (Lipinski definition) is 0. The molecule has 1 fully saturated rings. The molecule has 7 heteroatoms. The van der Waals surface area contributed by atoms with Crippen LogP contribution in [0.15, 0.2) is 30.3 Å². The predicted molar refractivity (Wildman–Crippen MR) is 93.1 cm³/mol. The van der Waals surface area contributed by atoms with Crippen molar-refractivity contribution >= 4 is 22.5 Å². The van der Waals surface area contributed by atoms with E-state index in [9.17, 15) is 18.4 Å². The molecule has 0 aliphatic carbocycles. The Morgan fingerprint density at radius 2 is 2.04 bits per heavy atom. The minimum atomic E-state index is -4.20. The normalized spacial score (nSPS) is 18.4. The van der Waals surface area contributed by atoms with Crippen LogP contribution in [0.5, 0.6) is 0 Å². The Balaban J connectivity index is 1.94. The van der Waals surface area contributed by atoms with E-state index >= 15 is 0 Å². The maximum atomic E-state index is 13.2. The molecule has 0 N–H and O–H groups in total. The molecule has 134 valence electrons. The molecule has 1 aliphatic heterocycles. The summed E-state index contributed by atoms with van der Waals surface area (Å²) < 4.78 is 41.6. The van der Waals surface area contributed by atoms with Gasteiger partial charge in [0.1, 0.15) is 11.9 Å². The molecular formula is C19H17F3N4. The summed E-state index contributed by atoms with van der Waals surface area (Å²) >= 11 is 0. The van der Waals surface area contributed by atoms with Crippen molar-refractivity contribution in [3.63, 3.8) is 0 Å². The van der Waals surface area contributed by atoms with Gasteiger partial charge in [-0.1, -0.05) is 12.1 Å². The van der Waals surface area contributed by atoms with E-state index in [0.717, 1.165) is 16.6 Å². The van der Waals surface area contributed by atoms with Gasteiger partial charge in [0.15, 0.2) is 5.65 Å². The van der Waals surface area contributed by atoms with Gasteiger partial charge < -0.3 is 4.90 Å². The smallest absolute Gasteiger partial charge is 0.357 e. The summed E-state index contributed by atoms with van der Waals surface area (Å²) in [5.74, 6) is -0.670. The van der Waals surface area contributed by atoms with E-state index in [1.165, 1.54) is 0 Å². The summed E-state index contributed by atoms with van der Waals surface area (Å²) in [5, 5.41) is 9.53. The Hall–Kier alpha value is -2.75. The van der Waals surface area contributed by atoms with Gasteiger partial charge in [0.25, 0.3) is 0 Å². The highest BCUT2D eigenvalue weighted by Gasteiger charge is 2.42. The topological polar surface area (TPSA) is 44.3 Å². The minimum absolute atomic E-state index is 0.0730. The molecule has 1 aromatic carbocycles. The van der Waals surface area contributed by atoms with E-state index in [2.05, 4.69) is 11.1 Å². The number of piperidine rings is 1. The zero-order valence-corrected chi connectivity index (χ0v) is 14.2. The molecule has 2 aromatic heterocycles. The first kappa shape index (κ1) is 16.7. The average Bonchev–Trinajstić information content (AvgIpc) is 2.99. The predicted octanol–water partition coefficient (Wildman–Crippen LogP) is 4.45. The lowest BCUT2D eigenvalue weighted by molar-refractivity contribution is -0.176. The maximum absolute atomic E-state index is 13.2. The molecule has 26 heavy (non-hydrogen) atoms. The lowest BCUT2D eigenvalue weighted by Crippen LogP contribution is -2.42. The number of benzene rings is 1. The maximum Gasteiger partial charge on any atom is 0.393 e. The molecule has 0 amide bonds. The van der Waals surface area contributed by atoms with Crippen LogP contribution in [-0.4, -0.2) is 28.7 Å². The number of anilines is 1. The molecular weight excluding hydrogens is 341 g/mol. The quantitative estimate of drug-likeness (QED) is 0.646. The van der Waals surface area contributed by atoms with Crippen LogP contribution in [0.3, 0.4) is 0 Å². The first-order valence-electron chi connectivity index (χ1n) is 8.52. The number of rotatable bonds is 1. The third-order valence-electron chi connectivity index (χ3n) is 5.07. The number of aryl methyl sites for hydroxylation is 1. The van der Waals surface area contributed by atoms with Gasteiger partial charge in [-0.15, -0.1) is 0 Å². The van der Waals surface area contributed by atoms with Gasteiger partial charge >= 0.3 is 6.18 Å². The van der Waals surface area contributed by atoms with Crippen molar-refractivity contribution < 1.29 is 13.2 Å².